The summed E-state index contributed by atoms with van der Waals surface area (Å²) in [6, 6.07) is 0. The second-order valence-corrected chi connectivity index (χ2v) is 4.58. The van der Waals surface area contributed by atoms with E-state index in [9.17, 15) is 0 Å². The Balaban J connectivity index is 2.02. The molecule has 0 radical (unpaired) electrons. The Hall–Kier alpha value is -1.20. The second kappa shape index (κ2) is 5.23. The van der Waals surface area contributed by atoms with Crippen molar-refractivity contribution in [3.63, 3.8) is 0 Å². The summed E-state index contributed by atoms with van der Waals surface area (Å²) in [5.74, 6) is 0. The highest BCUT2D eigenvalue weighted by atomic mass is 32.1. The molecule has 0 spiro atoms. The zero-order valence-electron chi connectivity index (χ0n) is 9.60. The minimum absolute atomic E-state index is 0.852. The maximum atomic E-state index is 4.57. The summed E-state index contributed by atoms with van der Waals surface area (Å²) in [4.78, 5) is 4.57. The lowest BCUT2D eigenvalue weighted by molar-refractivity contribution is 0.667. The molecule has 2 rings (SSSR count). The van der Waals surface area contributed by atoms with Gasteiger partial charge in [0.15, 0.2) is 0 Å². The third-order valence-corrected chi connectivity index (χ3v) is 3.18. The van der Waals surface area contributed by atoms with E-state index in [-0.39, 0.29) is 0 Å². The van der Waals surface area contributed by atoms with E-state index >= 15 is 0 Å². The molecule has 2 aromatic rings. The van der Waals surface area contributed by atoms with Crippen LogP contribution in [-0.2, 0) is 13.6 Å². The van der Waals surface area contributed by atoms with Gasteiger partial charge in [-0.25, -0.2) is 4.98 Å². The van der Waals surface area contributed by atoms with Crippen LogP contribution in [-0.4, -0.2) is 21.3 Å². The lowest BCUT2D eigenvalue weighted by atomic mass is 10.4. The summed E-state index contributed by atoms with van der Waals surface area (Å²) in [6.07, 6.45) is 4.99. The standard InChI is InChI=1S/C11H16N4S/c1-3-4-12-6-10-8-16-11(14-10)9-5-13-15(2)7-9/h5,7-8,12H,3-4,6H2,1-2H3. The fourth-order valence-corrected chi connectivity index (χ4v) is 2.24. The van der Waals surface area contributed by atoms with Gasteiger partial charge in [-0.1, -0.05) is 6.92 Å². The van der Waals surface area contributed by atoms with Crippen molar-refractivity contribution in [1.29, 1.82) is 0 Å². The molecule has 0 saturated heterocycles. The Labute approximate surface area is 99.3 Å². The number of nitrogens with zero attached hydrogens (tertiary/aromatic N) is 3. The van der Waals surface area contributed by atoms with Crippen LogP contribution in [0.4, 0.5) is 0 Å². The third kappa shape index (κ3) is 2.68. The van der Waals surface area contributed by atoms with Crippen LogP contribution < -0.4 is 5.32 Å². The molecule has 4 nitrogen and oxygen atoms in total. The Morgan fingerprint density at radius 3 is 3.06 bits per heavy atom. The largest absolute Gasteiger partial charge is 0.311 e. The van der Waals surface area contributed by atoms with Crippen molar-refractivity contribution >= 4 is 11.3 Å². The van der Waals surface area contributed by atoms with Crippen LogP contribution in [0.2, 0.25) is 0 Å². The lowest BCUT2D eigenvalue weighted by Crippen LogP contribution is -2.13. The molecule has 2 aromatic heterocycles. The molecule has 0 atom stereocenters. The molecule has 2 heterocycles. The van der Waals surface area contributed by atoms with E-state index < -0.39 is 0 Å². The maximum absolute atomic E-state index is 4.57. The third-order valence-electron chi connectivity index (χ3n) is 2.24. The van der Waals surface area contributed by atoms with E-state index in [1.54, 1.807) is 16.0 Å². The van der Waals surface area contributed by atoms with Gasteiger partial charge in [0.25, 0.3) is 0 Å². The highest BCUT2D eigenvalue weighted by Crippen LogP contribution is 2.22. The first-order valence-corrected chi connectivity index (χ1v) is 6.31. The van der Waals surface area contributed by atoms with Gasteiger partial charge in [-0.05, 0) is 13.0 Å². The molecule has 86 valence electrons. The van der Waals surface area contributed by atoms with E-state index in [2.05, 4.69) is 27.7 Å². The van der Waals surface area contributed by atoms with Crippen LogP contribution in [0.25, 0.3) is 10.6 Å². The van der Waals surface area contributed by atoms with Crippen molar-refractivity contribution in [3.05, 3.63) is 23.5 Å². The first-order valence-electron chi connectivity index (χ1n) is 5.43. The lowest BCUT2D eigenvalue weighted by Gasteiger charge is -1.97. The second-order valence-electron chi connectivity index (χ2n) is 3.72. The van der Waals surface area contributed by atoms with Gasteiger partial charge in [0.05, 0.1) is 11.9 Å². The summed E-state index contributed by atoms with van der Waals surface area (Å²) < 4.78 is 1.80. The quantitative estimate of drug-likeness (QED) is 0.808. The van der Waals surface area contributed by atoms with Gasteiger partial charge >= 0.3 is 0 Å². The predicted octanol–water partition coefficient (Wildman–Crippen LogP) is 2.04. The van der Waals surface area contributed by atoms with Crippen LogP contribution >= 0.6 is 11.3 Å². The molecule has 0 unspecified atom stereocenters. The van der Waals surface area contributed by atoms with Gasteiger partial charge in [0, 0.05) is 30.7 Å². The van der Waals surface area contributed by atoms with Gasteiger partial charge in [0.2, 0.25) is 0 Å². The van der Waals surface area contributed by atoms with E-state index in [1.165, 1.54) is 0 Å². The number of aryl methyl sites for hydroxylation is 1. The maximum Gasteiger partial charge on any atom is 0.126 e. The van der Waals surface area contributed by atoms with Gasteiger partial charge in [0.1, 0.15) is 5.01 Å². The number of nitrogens with one attached hydrogen (secondary N) is 1. The molecule has 16 heavy (non-hydrogen) atoms. The average Bonchev–Trinajstić information content (AvgIpc) is 2.87. The van der Waals surface area contributed by atoms with Crippen molar-refractivity contribution in [2.75, 3.05) is 6.54 Å². The van der Waals surface area contributed by atoms with Crippen molar-refractivity contribution < 1.29 is 0 Å². The normalized spacial score (nSPS) is 10.9. The predicted molar refractivity (Wildman–Crippen MR) is 66.3 cm³/mol. The van der Waals surface area contributed by atoms with E-state index in [0.717, 1.165) is 35.8 Å². The minimum atomic E-state index is 0.852. The van der Waals surface area contributed by atoms with Crippen molar-refractivity contribution in [3.8, 4) is 10.6 Å². The Bertz CT molecular complexity index is 446. The number of hydrogen-bond donors (Lipinski definition) is 1. The Morgan fingerprint density at radius 2 is 2.38 bits per heavy atom. The molecule has 0 aliphatic carbocycles. The summed E-state index contributed by atoms with van der Waals surface area (Å²) >= 11 is 1.67. The first kappa shape index (κ1) is 11.3. The van der Waals surface area contributed by atoms with Crippen molar-refractivity contribution in [2.24, 2.45) is 7.05 Å². The van der Waals surface area contributed by atoms with Gasteiger partial charge in [-0.15, -0.1) is 11.3 Å². The van der Waals surface area contributed by atoms with Crippen LogP contribution in [0.3, 0.4) is 0 Å². The Kier molecular flexibility index (Phi) is 3.69. The minimum Gasteiger partial charge on any atom is -0.311 e. The van der Waals surface area contributed by atoms with Crippen molar-refractivity contribution in [1.82, 2.24) is 20.1 Å². The van der Waals surface area contributed by atoms with E-state index in [1.807, 2.05) is 19.4 Å². The number of thiazole rings is 1. The van der Waals surface area contributed by atoms with Crippen LogP contribution in [0.15, 0.2) is 17.8 Å². The summed E-state index contributed by atoms with van der Waals surface area (Å²) in [5.41, 5.74) is 2.20. The molecule has 5 heteroatoms. The number of hydrogen-bond acceptors (Lipinski definition) is 4. The number of rotatable bonds is 5. The van der Waals surface area contributed by atoms with Crippen LogP contribution in [0.1, 0.15) is 19.0 Å². The molecular formula is C11H16N4S. The van der Waals surface area contributed by atoms with Crippen molar-refractivity contribution in [2.45, 2.75) is 19.9 Å². The summed E-state index contributed by atoms with van der Waals surface area (Å²) in [7, 11) is 1.92. The molecule has 0 amide bonds. The molecule has 0 aliphatic rings. The van der Waals surface area contributed by atoms with Crippen LogP contribution in [0, 0.1) is 0 Å². The zero-order chi connectivity index (χ0) is 11.4. The average molecular weight is 236 g/mol. The molecule has 0 saturated carbocycles. The van der Waals surface area contributed by atoms with E-state index in [4.69, 9.17) is 0 Å². The zero-order valence-corrected chi connectivity index (χ0v) is 10.4. The van der Waals surface area contributed by atoms with E-state index in [0.29, 0.717) is 0 Å². The monoisotopic (exact) mass is 236 g/mol. The smallest absolute Gasteiger partial charge is 0.126 e. The molecule has 0 fully saturated rings. The highest BCUT2D eigenvalue weighted by Gasteiger charge is 2.05. The summed E-state index contributed by atoms with van der Waals surface area (Å²) in [5, 5.41) is 10.6. The van der Waals surface area contributed by atoms with Crippen LogP contribution in [0.5, 0.6) is 0 Å². The molecule has 0 bridgehead atoms. The first-order chi connectivity index (χ1) is 7.79. The fraction of sp³-hybridized carbons (Fsp3) is 0.455. The highest BCUT2D eigenvalue weighted by molar-refractivity contribution is 7.13. The molecular weight excluding hydrogens is 220 g/mol. The number of aromatic nitrogens is 3. The van der Waals surface area contributed by atoms with Gasteiger partial charge < -0.3 is 5.32 Å². The topological polar surface area (TPSA) is 42.7 Å². The fourth-order valence-electron chi connectivity index (χ4n) is 1.45. The molecule has 0 aromatic carbocycles. The van der Waals surface area contributed by atoms with Gasteiger partial charge in [-0.2, -0.15) is 5.10 Å². The SMILES string of the molecule is CCCNCc1csc(-c2cnn(C)c2)n1. The van der Waals surface area contributed by atoms with Gasteiger partial charge in [-0.3, -0.25) is 4.68 Å². The Morgan fingerprint density at radius 1 is 1.50 bits per heavy atom. The molecule has 1 N–H and O–H groups in total. The molecule has 0 aliphatic heterocycles. The summed E-state index contributed by atoms with van der Waals surface area (Å²) in [6.45, 7) is 4.06.